The second-order valence-electron chi connectivity index (χ2n) is 7.74. The van der Waals surface area contributed by atoms with Gasteiger partial charge in [-0.15, -0.1) is 0 Å². The number of aliphatic hydroxyl groups excluding tert-OH is 1. The molecule has 124 valence electrons. The number of hydrogen-bond acceptors (Lipinski definition) is 3. The van der Waals surface area contributed by atoms with Gasteiger partial charge in [-0.3, -0.25) is 0 Å². The molecule has 3 heteroatoms. The molecule has 2 rings (SSSR count). The van der Waals surface area contributed by atoms with Gasteiger partial charge in [0.1, 0.15) is 0 Å². The van der Waals surface area contributed by atoms with Crippen molar-refractivity contribution in [3.8, 4) is 0 Å². The molecule has 0 saturated heterocycles. The van der Waals surface area contributed by atoms with Crippen LogP contribution in [0.5, 0.6) is 0 Å². The topological polar surface area (TPSA) is 41.5 Å². The Balaban J connectivity index is 1.69. The molecule has 0 aromatic heterocycles. The molecule has 2 aliphatic rings. The number of aliphatic hydroxyl groups is 1. The molecule has 2 aliphatic carbocycles. The van der Waals surface area contributed by atoms with E-state index in [-0.39, 0.29) is 6.10 Å². The van der Waals surface area contributed by atoms with Gasteiger partial charge in [-0.25, -0.2) is 0 Å². The minimum atomic E-state index is -0.365. The van der Waals surface area contributed by atoms with Gasteiger partial charge < -0.3 is 15.2 Å². The molecule has 4 atom stereocenters. The second kappa shape index (κ2) is 8.50. The van der Waals surface area contributed by atoms with Gasteiger partial charge in [0.2, 0.25) is 0 Å². The standard InChI is InChI=1S/C18H35NO2/c1-13(2)17-9-8-14(3)10-18(17)21-12-16(20)11-19-15-6-4-5-7-15/h13-20H,4-12H2,1-3H3/t14-,16-,17-,18+/m1/s1. The molecule has 0 bridgehead atoms. The van der Waals surface area contributed by atoms with E-state index in [1.54, 1.807) is 0 Å². The first-order valence-corrected chi connectivity index (χ1v) is 9.09. The predicted molar refractivity (Wildman–Crippen MR) is 87.3 cm³/mol. The van der Waals surface area contributed by atoms with E-state index in [0.717, 1.165) is 12.3 Å². The first-order valence-electron chi connectivity index (χ1n) is 9.09. The zero-order valence-electron chi connectivity index (χ0n) is 14.2. The molecule has 2 fully saturated rings. The lowest BCUT2D eigenvalue weighted by molar-refractivity contribution is -0.0685. The van der Waals surface area contributed by atoms with Crippen molar-refractivity contribution >= 4 is 0 Å². The lowest BCUT2D eigenvalue weighted by Crippen LogP contribution is -2.39. The molecule has 0 radical (unpaired) electrons. The highest BCUT2D eigenvalue weighted by Crippen LogP contribution is 2.35. The van der Waals surface area contributed by atoms with Gasteiger partial charge in [-0.1, -0.05) is 40.0 Å². The van der Waals surface area contributed by atoms with Gasteiger partial charge in [0.15, 0.2) is 0 Å². The lowest BCUT2D eigenvalue weighted by Gasteiger charge is -2.37. The van der Waals surface area contributed by atoms with Crippen LogP contribution in [0.15, 0.2) is 0 Å². The Labute approximate surface area is 130 Å². The summed E-state index contributed by atoms with van der Waals surface area (Å²) in [6.45, 7) is 8.09. The second-order valence-corrected chi connectivity index (χ2v) is 7.74. The molecule has 0 aliphatic heterocycles. The Bertz CT molecular complexity index is 289. The normalized spacial score (nSPS) is 32.7. The average Bonchev–Trinajstić information content (AvgIpc) is 2.96. The van der Waals surface area contributed by atoms with Crippen LogP contribution >= 0.6 is 0 Å². The van der Waals surface area contributed by atoms with E-state index in [1.807, 2.05) is 0 Å². The largest absolute Gasteiger partial charge is 0.389 e. The summed E-state index contributed by atoms with van der Waals surface area (Å²) in [4.78, 5) is 0. The number of hydrogen-bond donors (Lipinski definition) is 2. The summed E-state index contributed by atoms with van der Waals surface area (Å²) in [7, 11) is 0. The van der Waals surface area contributed by atoms with E-state index in [9.17, 15) is 5.11 Å². The number of rotatable bonds is 7. The predicted octanol–water partition coefficient (Wildman–Crippen LogP) is 3.36. The highest BCUT2D eigenvalue weighted by molar-refractivity contribution is 4.82. The Morgan fingerprint density at radius 3 is 2.52 bits per heavy atom. The van der Waals surface area contributed by atoms with Crippen LogP contribution in [0.3, 0.4) is 0 Å². The van der Waals surface area contributed by atoms with Crippen LogP contribution in [-0.4, -0.2) is 36.5 Å². The molecule has 0 aromatic rings. The maximum absolute atomic E-state index is 10.1. The summed E-state index contributed by atoms with van der Waals surface area (Å²) >= 11 is 0. The van der Waals surface area contributed by atoms with Crippen molar-refractivity contribution < 1.29 is 9.84 Å². The van der Waals surface area contributed by atoms with Gasteiger partial charge in [0.25, 0.3) is 0 Å². The van der Waals surface area contributed by atoms with Crippen LogP contribution in [0, 0.1) is 17.8 Å². The van der Waals surface area contributed by atoms with E-state index < -0.39 is 0 Å². The summed E-state index contributed by atoms with van der Waals surface area (Å²) in [5, 5.41) is 13.6. The number of ether oxygens (including phenoxy) is 1. The van der Waals surface area contributed by atoms with E-state index in [0.29, 0.717) is 37.1 Å². The van der Waals surface area contributed by atoms with Crippen LogP contribution in [0.25, 0.3) is 0 Å². The molecule has 21 heavy (non-hydrogen) atoms. The zero-order valence-corrected chi connectivity index (χ0v) is 14.2. The zero-order chi connectivity index (χ0) is 15.2. The van der Waals surface area contributed by atoms with E-state index in [1.165, 1.54) is 38.5 Å². The van der Waals surface area contributed by atoms with Crippen LogP contribution in [0.4, 0.5) is 0 Å². The lowest BCUT2D eigenvalue weighted by atomic mass is 9.75. The minimum absolute atomic E-state index is 0.342. The molecule has 0 amide bonds. The monoisotopic (exact) mass is 297 g/mol. The fraction of sp³-hybridized carbons (Fsp3) is 1.00. The molecule has 0 spiro atoms. The SMILES string of the molecule is CC(C)[C@H]1CC[C@@H](C)C[C@@H]1OC[C@H](O)CNC1CCCC1. The average molecular weight is 297 g/mol. The van der Waals surface area contributed by atoms with Gasteiger partial charge in [-0.2, -0.15) is 0 Å². The van der Waals surface area contributed by atoms with Crippen molar-refractivity contribution in [2.24, 2.45) is 17.8 Å². The van der Waals surface area contributed by atoms with Crippen molar-refractivity contribution in [1.29, 1.82) is 0 Å². The Morgan fingerprint density at radius 1 is 1.14 bits per heavy atom. The first kappa shape index (κ1) is 17.2. The summed E-state index contributed by atoms with van der Waals surface area (Å²) in [6, 6.07) is 0.623. The summed E-state index contributed by atoms with van der Waals surface area (Å²) in [6.07, 6.45) is 8.94. The fourth-order valence-corrected chi connectivity index (χ4v) is 4.03. The fourth-order valence-electron chi connectivity index (χ4n) is 4.03. The van der Waals surface area contributed by atoms with Crippen LogP contribution in [0.2, 0.25) is 0 Å². The maximum Gasteiger partial charge on any atom is 0.0897 e. The quantitative estimate of drug-likeness (QED) is 0.757. The molecule has 0 aromatic carbocycles. The van der Waals surface area contributed by atoms with Gasteiger partial charge in [0.05, 0.1) is 18.8 Å². The Kier molecular flexibility index (Phi) is 6.97. The van der Waals surface area contributed by atoms with Crippen molar-refractivity contribution in [3.63, 3.8) is 0 Å². The number of nitrogens with one attached hydrogen (secondary N) is 1. The summed E-state index contributed by atoms with van der Waals surface area (Å²) in [5.41, 5.74) is 0. The molecule has 0 heterocycles. The molecular formula is C18H35NO2. The summed E-state index contributed by atoms with van der Waals surface area (Å²) in [5.74, 6) is 2.10. The van der Waals surface area contributed by atoms with Crippen molar-refractivity contribution in [2.45, 2.75) is 84.0 Å². The van der Waals surface area contributed by atoms with Gasteiger partial charge in [-0.05, 0) is 43.4 Å². The van der Waals surface area contributed by atoms with E-state index in [2.05, 4.69) is 26.1 Å². The third-order valence-electron chi connectivity index (χ3n) is 5.46. The molecule has 0 unspecified atom stereocenters. The van der Waals surface area contributed by atoms with Crippen LogP contribution in [0.1, 0.15) is 65.7 Å². The smallest absolute Gasteiger partial charge is 0.0897 e. The third kappa shape index (κ3) is 5.54. The van der Waals surface area contributed by atoms with Crippen LogP contribution in [-0.2, 0) is 4.74 Å². The first-order chi connectivity index (χ1) is 10.1. The maximum atomic E-state index is 10.1. The van der Waals surface area contributed by atoms with Crippen LogP contribution < -0.4 is 5.32 Å². The van der Waals surface area contributed by atoms with Crippen molar-refractivity contribution in [2.75, 3.05) is 13.2 Å². The van der Waals surface area contributed by atoms with Crippen molar-refractivity contribution in [1.82, 2.24) is 5.32 Å². The highest BCUT2D eigenvalue weighted by Gasteiger charge is 2.31. The molecule has 3 nitrogen and oxygen atoms in total. The Morgan fingerprint density at radius 2 is 1.86 bits per heavy atom. The molecule has 2 N–H and O–H groups in total. The Hall–Kier alpha value is -0.120. The summed E-state index contributed by atoms with van der Waals surface area (Å²) < 4.78 is 6.11. The highest BCUT2D eigenvalue weighted by atomic mass is 16.5. The van der Waals surface area contributed by atoms with Gasteiger partial charge in [0, 0.05) is 12.6 Å². The molecule has 2 saturated carbocycles. The van der Waals surface area contributed by atoms with Gasteiger partial charge >= 0.3 is 0 Å². The van der Waals surface area contributed by atoms with E-state index in [4.69, 9.17) is 4.74 Å². The minimum Gasteiger partial charge on any atom is -0.389 e. The third-order valence-corrected chi connectivity index (χ3v) is 5.46. The molecular weight excluding hydrogens is 262 g/mol. The van der Waals surface area contributed by atoms with Crippen molar-refractivity contribution in [3.05, 3.63) is 0 Å². The van der Waals surface area contributed by atoms with E-state index >= 15 is 0 Å².